The molecule has 2 amide bonds. The van der Waals surface area contributed by atoms with Gasteiger partial charge < -0.3 is 15.0 Å². The summed E-state index contributed by atoms with van der Waals surface area (Å²) in [6.45, 7) is -0.549. The van der Waals surface area contributed by atoms with E-state index in [0.717, 1.165) is 25.0 Å². The van der Waals surface area contributed by atoms with Crippen molar-refractivity contribution in [1.29, 1.82) is 0 Å². The van der Waals surface area contributed by atoms with Gasteiger partial charge in [-0.05, 0) is 37.1 Å². The fourth-order valence-corrected chi connectivity index (χ4v) is 1.71. The van der Waals surface area contributed by atoms with Crippen LogP contribution < -0.4 is 5.32 Å². The average molecular weight is 308 g/mol. The first kappa shape index (κ1) is 15.9. The van der Waals surface area contributed by atoms with Crippen LogP contribution in [-0.4, -0.2) is 48.9 Å². The van der Waals surface area contributed by atoms with Gasteiger partial charge in [0.1, 0.15) is 5.82 Å². The molecule has 22 heavy (non-hydrogen) atoms. The highest BCUT2D eigenvalue weighted by Gasteiger charge is 2.24. The highest BCUT2D eigenvalue weighted by molar-refractivity contribution is 5.92. The lowest BCUT2D eigenvalue weighted by Gasteiger charge is -2.16. The summed E-state index contributed by atoms with van der Waals surface area (Å²) >= 11 is 0. The van der Waals surface area contributed by atoms with Gasteiger partial charge in [0.2, 0.25) is 5.91 Å². The number of benzene rings is 1. The number of esters is 1. The summed E-state index contributed by atoms with van der Waals surface area (Å²) in [6, 6.07) is 5.04. The number of hydrogen-bond acceptors (Lipinski definition) is 4. The molecule has 1 aromatic rings. The number of ether oxygens (including phenoxy) is 1. The SMILES string of the molecule is CN(CC(=O)NC1CC1)C(=O)COC(=O)c1ccc(F)cc1. The predicted octanol–water partition coefficient (Wildman–Crippen LogP) is 0.720. The highest BCUT2D eigenvalue weighted by atomic mass is 19.1. The predicted molar refractivity (Wildman–Crippen MR) is 75.5 cm³/mol. The van der Waals surface area contributed by atoms with Gasteiger partial charge in [-0.2, -0.15) is 0 Å². The lowest BCUT2D eigenvalue weighted by Crippen LogP contribution is -2.40. The van der Waals surface area contributed by atoms with Gasteiger partial charge in [0.25, 0.3) is 5.91 Å². The fourth-order valence-electron chi connectivity index (χ4n) is 1.71. The van der Waals surface area contributed by atoms with Crippen LogP contribution in [0.1, 0.15) is 23.2 Å². The van der Waals surface area contributed by atoms with Crippen molar-refractivity contribution in [2.75, 3.05) is 20.2 Å². The Hall–Kier alpha value is -2.44. The van der Waals surface area contributed by atoms with E-state index in [9.17, 15) is 18.8 Å². The molecule has 1 aliphatic rings. The zero-order valence-electron chi connectivity index (χ0n) is 12.2. The van der Waals surface area contributed by atoms with E-state index >= 15 is 0 Å². The van der Waals surface area contributed by atoms with E-state index in [1.54, 1.807) is 0 Å². The fraction of sp³-hybridized carbons (Fsp3) is 0.400. The van der Waals surface area contributed by atoms with Gasteiger partial charge in [0, 0.05) is 13.1 Å². The standard InChI is InChI=1S/C15H17FN2O4/c1-18(8-13(19)17-12-6-7-12)14(20)9-22-15(21)10-2-4-11(16)5-3-10/h2-5,12H,6-9H2,1H3,(H,17,19). The lowest BCUT2D eigenvalue weighted by molar-refractivity contribution is -0.137. The zero-order chi connectivity index (χ0) is 16.1. The van der Waals surface area contributed by atoms with Gasteiger partial charge in [-0.15, -0.1) is 0 Å². The number of carbonyl (C=O) groups is 3. The quantitative estimate of drug-likeness (QED) is 0.786. The van der Waals surface area contributed by atoms with Gasteiger partial charge in [0.15, 0.2) is 6.61 Å². The first-order valence-electron chi connectivity index (χ1n) is 6.91. The molecule has 0 aromatic heterocycles. The summed E-state index contributed by atoms with van der Waals surface area (Å²) < 4.78 is 17.6. The van der Waals surface area contributed by atoms with Crippen molar-refractivity contribution in [2.45, 2.75) is 18.9 Å². The molecule has 1 aromatic carbocycles. The number of hydrogen-bond donors (Lipinski definition) is 1. The van der Waals surface area contributed by atoms with Crippen molar-refractivity contribution in [3.8, 4) is 0 Å². The summed E-state index contributed by atoms with van der Waals surface area (Å²) in [6.07, 6.45) is 1.94. The van der Waals surface area contributed by atoms with E-state index in [0.29, 0.717) is 0 Å². The molecular formula is C15H17FN2O4. The maximum absolute atomic E-state index is 12.7. The van der Waals surface area contributed by atoms with E-state index in [-0.39, 0.29) is 24.1 Å². The maximum Gasteiger partial charge on any atom is 0.338 e. The highest BCUT2D eigenvalue weighted by Crippen LogP contribution is 2.18. The second-order valence-corrected chi connectivity index (χ2v) is 5.17. The number of likely N-dealkylation sites (N-methyl/N-ethyl adjacent to an activating group) is 1. The van der Waals surface area contributed by atoms with Gasteiger partial charge >= 0.3 is 5.97 Å². The third-order valence-electron chi connectivity index (χ3n) is 3.16. The Morgan fingerprint density at radius 2 is 1.91 bits per heavy atom. The summed E-state index contributed by atoms with van der Waals surface area (Å²) in [7, 11) is 1.46. The van der Waals surface area contributed by atoms with Crippen molar-refractivity contribution in [3.05, 3.63) is 35.6 Å². The van der Waals surface area contributed by atoms with Crippen LogP contribution in [0.2, 0.25) is 0 Å². The Labute approximate surface area is 127 Å². The Bertz CT molecular complexity index is 569. The molecule has 0 radical (unpaired) electrons. The number of nitrogens with zero attached hydrogens (tertiary/aromatic N) is 1. The number of amides is 2. The first-order chi connectivity index (χ1) is 10.5. The molecule has 1 fully saturated rings. The topological polar surface area (TPSA) is 75.7 Å². The van der Waals surface area contributed by atoms with Crippen molar-refractivity contribution < 1.29 is 23.5 Å². The second-order valence-electron chi connectivity index (χ2n) is 5.17. The third-order valence-corrected chi connectivity index (χ3v) is 3.16. The van der Waals surface area contributed by atoms with E-state index in [1.165, 1.54) is 24.1 Å². The molecule has 0 aliphatic heterocycles. The minimum atomic E-state index is -0.718. The van der Waals surface area contributed by atoms with E-state index in [4.69, 9.17) is 4.74 Å². The summed E-state index contributed by atoms with van der Waals surface area (Å²) in [5.41, 5.74) is 0.156. The van der Waals surface area contributed by atoms with Crippen molar-refractivity contribution in [3.63, 3.8) is 0 Å². The number of nitrogens with one attached hydrogen (secondary N) is 1. The van der Waals surface area contributed by atoms with Crippen LogP contribution in [-0.2, 0) is 14.3 Å². The summed E-state index contributed by atoms with van der Waals surface area (Å²) in [5, 5.41) is 2.76. The molecule has 118 valence electrons. The van der Waals surface area contributed by atoms with Gasteiger partial charge in [0.05, 0.1) is 12.1 Å². The molecule has 0 bridgehead atoms. The van der Waals surface area contributed by atoms with Gasteiger partial charge in [-0.25, -0.2) is 9.18 Å². The molecule has 6 nitrogen and oxygen atoms in total. The minimum Gasteiger partial charge on any atom is -0.452 e. The molecule has 7 heteroatoms. The molecular weight excluding hydrogens is 291 g/mol. The van der Waals surface area contributed by atoms with Crippen LogP contribution >= 0.6 is 0 Å². The van der Waals surface area contributed by atoms with Crippen LogP contribution in [0.5, 0.6) is 0 Å². The van der Waals surface area contributed by atoms with Crippen LogP contribution in [0, 0.1) is 5.82 Å². The summed E-state index contributed by atoms with van der Waals surface area (Å²) in [5.74, 6) is -1.90. The van der Waals surface area contributed by atoms with Gasteiger partial charge in [-0.1, -0.05) is 0 Å². The van der Waals surface area contributed by atoms with Crippen molar-refractivity contribution in [2.24, 2.45) is 0 Å². The number of rotatable bonds is 6. The van der Waals surface area contributed by atoms with Crippen LogP contribution in [0.15, 0.2) is 24.3 Å². The molecule has 1 N–H and O–H groups in total. The Kier molecular flexibility index (Phi) is 5.08. The smallest absolute Gasteiger partial charge is 0.338 e. The minimum absolute atomic E-state index is 0.0799. The number of halogens is 1. The average Bonchev–Trinajstić information content (AvgIpc) is 3.28. The Balaban J connectivity index is 1.74. The van der Waals surface area contributed by atoms with Crippen LogP contribution in [0.25, 0.3) is 0 Å². The van der Waals surface area contributed by atoms with E-state index in [2.05, 4.69) is 5.32 Å². The van der Waals surface area contributed by atoms with E-state index in [1.807, 2.05) is 0 Å². The van der Waals surface area contributed by atoms with E-state index < -0.39 is 24.3 Å². The molecule has 0 spiro atoms. The monoisotopic (exact) mass is 308 g/mol. The second kappa shape index (κ2) is 7.02. The number of carbonyl (C=O) groups excluding carboxylic acids is 3. The summed E-state index contributed by atoms with van der Waals surface area (Å²) in [4.78, 5) is 36.2. The molecule has 0 heterocycles. The molecule has 1 saturated carbocycles. The first-order valence-corrected chi connectivity index (χ1v) is 6.91. The maximum atomic E-state index is 12.7. The molecule has 0 atom stereocenters. The van der Waals surface area contributed by atoms with Crippen LogP contribution in [0.4, 0.5) is 4.39 Å². The lowest BCUT2D eigenvalue weighted by atomic mass is 10.2. The third kappa shape index (κ3) is 4.83. The zero-order valence-corrected chi connectivity index (χ0v) is 12.2. The molecule has 0 saturated heterocycles. The van der Waals surface area contributed by atoms with Crippen molar-refractivity contribution >= 4 is 17.8 Å². The van der Waals surface area contributed by atoms with Gasteiger partial charge in [-0.3, -0.25) is 9.59 Å². The van der Waals surface area contributed by atoms with Crippen molar-refractivity contribution in [1.82, 2.24) is 10.2 Å². The Morgan fingerprint density at radius 3 is 2.50 bits per heavy atom. The Morgan fingerprint density at radius 1 is 1.27 bits per heavy atom. The molecule has 2 rings (SSSR count). The molecule has 0 unspecified atom stereocenters. The molecule has 1 aliphatic carbocycles. The normalized spacial score (nSPS) is 13.4. The largest absolute Gasteiger partial charge is 0.452 e. The van der Waals surface area contributed by atoms with Crippen LogP contribution in [0.3, 0.4) is 0 Å².